The second-order valence-electron chi connectivity index (χ2n) is 6.10. The Bertz CT molecular complexity index is 661. The van der Waals surface area contributed by atoms with Crippen molar-refractivity contribution in [1.29, 1.82) is 0 Å². The first-order valence-electron chi connectivity index (χ1n) is 8.32. The Morgan fingerprint density at radius 2 is 1.96 bits per heavy atom. The highest BCUT2D eigenvalue weighted by Gasteiger charge is 2.41. The predicted molar refractivity (Wildman–Crippen MR) is 93.0 cm³/mol. The molecule has 3 N–H and O–H groups in total. The molecule has 6 nitrogen and oxygen atoms in total. The molecule has 0 bridgehead atoms. The van der Waals surface area contributed by atoms with Crippen LogP contribution in [0.4, 0.5) is 0 Å². The monoisotopic (exact) mass is 346 g/mol. The molecule has 2 aromatic rings. The predicted octanol–water partition coefficient (Wildman–Crippen LogP) is 2.22. The summed E-state index contributed by atoms with van der Waals surface area (Å²) in [6.07, 6.45) is 6.70. The summed E-state index contributed by atoms with van der Waals surface area (Å²) in [5, 5.41) is 14.2. The van der Waals surface area contributed by atoms with Crippen LogP contribution in [0.25, 0.3) is 0 Å². The summed E-state index contributed by atoms with van der Waals surface area (Å²) in [4.78, 5) is 25.8. The van der Waals surface area contributed by atoms with Gasteiger partial charge in [-0.25, -0.2) is 0 Å². The molecule has 0 aromatic carbocycles. The number of carbonyl (C=O) groups is 2. The minimum Gasteiger partial charge on any atom is -0.354 e. The summed E-state index contributed by atoms with van der Waals surface area (Å²) in [6, 6.07) is 5.69. The van der Waals surface area contributed by atoms with Crippen LogP contribution in [0.1, 0.15) is 47.5 Å². The van der Waals surface area contributed by atoms with E-state index in [4.69, 9.17) is 0 Å². The van der Waals surface area contributed by atoms with Gasteiger partial charge in [-0.1, -0.05) is 25.3 Å². The van der Waals surface area contributed by atoms with E-state index in [2.05, 4.69) is 26.9 Å². The topological polar surface area (TPSA) is 86.9 Å². The quantitative estimate of drug-likeness (QED) is 0.701. The highest BCUT2D eigenvalue weighted by atomic mass is 32.1. The first-order chi connectivity index (χ1) is 11.7. The lowest BCUT2D eigenvalue weighted by atomic mass is 9.72. The van der Waals surface area contributed by atoms with E-state index in [1.54, 1.807) is 17.4 Å². The van der Waals surface area contributed by atoms with E-state index in [-0.39, 0.29) is 17.2 Å². The van der Waals surface area contributed by atoms with Crippen LogP contribution in [0.5, 0.6) is 0 Å². The normalized spacial score (nSPS) is 16.5. The van der Waals surface area contributed by atoms with Crippen LogP contribution in [0.2, 0.25) is 0 Å². The molecule has 0 aliphatic heterocycles. The lowest BCUT2D eigenvalue weighted by molar-refractivity contribution is -0.127. The van der Waals surface area contributed by atoms with E-state index in [0.29, 0.717) is 18.8 Å². The number of rotatable bonds is 6. The van der Waals surface area contributed by atoms with E-state index >= 15 is 0 Å². The Kier molecular flexibility index (Phi) is 5.30. The van der Waals surface area contributed by atoms with Crippen molar-refractivity contribution in [2.24, 2.45) is 0 Å². The lowest BCUT2D eigenvalue weighted by Gasteiger charge is -2.35. The standard InChI is InChI=1S/C17H22N4O2S/c22-15(13-6-9-20-21-13)18-10-11-19-16(23)17(7-2-1-3-8-17)14-5-4-12-24-14/h4-6,9,12H,1-3,7-8,10-11H2,(H,18,22)(H,19,23)(H,20,21). The molecule has 2 amide bonds. The third kappa shape index (κ3) is 3.51. The Morgan fingerprint density at radius 1 is 1.17 bits per heavy atom. The van der Waals surface area contributed by atoms with E-state index in [1.807, 2.05) is 11.4 Å². The van der Waals surface area contributed by atoms with Gasteiger partial charge in [0.25, 0.3) is 5.91 Å². The van der Waals surface area contributed by atoms with Crippen LogP contribution in [-0.4, -0.2) is 35.1 Å². The first kappa shape index (κ1) is 16.7. The molecule has 1 fully saturated rings. The molecule has 0 unspecified atom stereocenters. The fourth-order valence-corrected chi connectivity index (χ4v) is 4.27. The number of H-pyrrole nitrogens is 1. The third-order valence-electron chi connectivity index (χ3n) is 4.58. The zero-order valence-electron chi connectivity index (χ0n) is 13.5. The molecular formula is C17H22N4O2S. The zero-order chi connectivity index (χ0) is 16.8. The summed E-state index contributed by atoms with van der Waals surface area (Å²) in [5.74, 6) is -0.132. The number of aromatic amines is 1. The second-order valence-corrected chi connectivity index (χ2v) is 7.05. The van der Waals surface area contributed by atoms with Crippen molar-refractivity contribution in [3.8, 4) is 0 Å². The summed E-state index contributed by atoms with van der Waals surface area (Å²) in [7, 11) is 0. The van der Waals surface area contributed by atoms with Crippen LogP contribution in [0.15, 0.2) is 29.8 Å². The van der Waals surface area contributed by atoms with Crippen molar-refractivity contribution in [2.45, 2.75) is 37.5 Å². The summed E-state index contributed by atoms with van der Waals surface area (Å²) >= 11 is 1.66. The number of nitrogens with zero attached hydrogens (tertiary/aromatic N) is 1. The fourth-order valence-electron chi connectivity index (χ4n) is 3.29. The van der Waals surface area contributed by atoms with Crippen molar-refractivity contribution in [2.75, 3.05) is 13.1 Å². The van der Waals surface area contributed by atoms with E-state index in [1.165, 1.54) is 12.6 Å². The Morgan fingerprint density at radius 3 is 2.62 bits per heavy atom. The SMILES string of the molecule is O=C(NCCNC(=O)C1(c2cccs2)CCCCC1)c1ccn[nH]1. The molecule has 1 aliphatic rings. The maximum absolute atomic E-state index is 12.9. The molecule has 0 spiro atoms. The van der Waals surface area contributed by atoms with Gasteiger partial charge in [-0.05, 0) is 30.4 Å². The first-order valence-corrected chi connectivity index (χ1v) is 9.20. The van der Waals surface area contributed by atoms with Crippen LogP contribution in [-0.2, 0) is 10.2 Å². The highest BCUT2D eigenvalue weighted by Crippen LogP contribution is 2.41. The molecule has 2 aromatic heterocycles. The van der Waals surface area contributed by atoms with E-state index in [0.717, 1.165) is 30.6 Å². The minimum atomic E-state index is -0.389. The lowest BCUT2D eigenvalue weighted by Crippen LogP contribution is -2.47. The minimum absolute atomic E-state index is 0.0837. The number of hydrogen-bond donors (Lipinski definition) is 3. The van der Waals surface area contributed by atoms with Crippen LogP contribution in [0, 0.1) is 0 Å². The third-order valence-corrected chi connectivity index (χ3v) is 5.65. The molecular weight excluding hydrogens is 324 g/mol. The molecule has 1 saturated carbocycles. The average Bonchev–Trinajstić information content (AvgIpc) is 3.32. The van der Waals surface area contributed by atoms with Crippen LogP contribution < -0.4 is 10.6 Å². The molecule has 24 heavy (non-hydrogen) atoms. The molecule has 7 heteroatoms. The van der Waals surface area contributed by atoms with Crippen molar-refractivity contribution in [3.63, 3.8) is 0 Å². The maximum atomic E-state index is 12.9. The van der Waals surface area contributed by atoms with Gasteiger partial charge >= 0.3 is 0 Å². The number of carbonyl (C=O) groups excluding carboxylic acids is 2. The van der Waals surface area contributed by atoms with Crippen molar-refractivity contribution < 1.29 is 9.59 Å². The van der Waals surface area contributed by atoms with Gasteiger partial charge in [0, 0.05) is 24.2 Å². The van der Waals surface area contributed by atoms with Gasteiger partial charge in [-0.3, -0.25) is 14.7 Å². The van der Waals surface area contributed by atoms with Crippen LogP contribution in [0.3, 0.4) is 0 Å². The molecule has 128 valence electrons. The maximum Gasteiger partial charge on any atom is 0.269 e. The second kappa shape index (κ2) is 7.61. The fraction of sp³-hybridized carbons (Fsp3) is 0.471. The van der Waals surface area contributed by atoms with Gasteiger partial charge in [0.1, 0.15) is 5.69 Å². The zero-order valence-corrected chi connectivity index (χ0v) is 14.3. The van der Waals surface area contributed by atoms with Crippen molar-refractivity contribution in [1.82, 2.24) is 20.8 Å². The average molecular weight is 346 g/mol. The number of amides is 2. The number of thiophene rings is 1. The number of aromatic nitrogens is 2. The summed E-state index contributed by atoms with van der Waals surface area (Å²) in [6.45, 7) is 0.815. The van der Waals surface area contributed by atoms with E-state index in [9.17, 15) is 9.59 Å². The van der Waals surface area contributed by atoms with Crippen LogP contribution >= 0.6 is 11.3 Å². The molecule has 3 rings (SSSR count). The molecule has 0 saturated heterocycles. The summed E-state index contributed by atoms with van der Waals surface area (Å²) in [5.41, 5.74) is 0.0310. The Balaban J connectivity index is 1.54. The summed E-state index contributed by atoms with van der Waals surface area (Å²) < 4.78 is 0. The largest absolute Gasteiger partial charge is 0.354 e. The Hall–Kier alpha value is -2.15. The number of nitrogens with one attached hydrogen (secondary N) is 3. The van der Waals surface area contributed by atoms with Gasteiger partial charge in [-0.2, -0.15) is 5.10 Å². The Labute approximate surface area is 145 Å². The van der Waals surface area contributed by atoms with E-state index < -0.39 is 0 Å². The van der Waals surface area contributed by atoms with Gasteiger partial charge in [-0.15, -0.1) is 11.3 Å². The van der Waals surface area contributed by atoms with Gasteiger partial charge in [0.2, 0.25) is 5.91 Å². The smallest absolute Gasteiger partial charge is 0.269 e. The van der Waals surface area contributed by atoms with Gasteiger partial charge < -0.3 is 10.6 Å². The molecule has 2 heterocycles. The van der Waals surface area contributed by atoms with Crippen molar-refractivity contribution in [3.05, 3.63) is 40.3 Å². The highest BCUT2D eigenvalue weighted by molar-refractivity contribution is 7.10. The molecule has 1 aliphatic carbocycles. The van der Waals surface area contributed by atoms with Gasteiger partial charge in [0.05, 0.1) is 5.41 Å². The van der Waals surface area contributed by atoms with Crippen molar-refractivity contribution >= 4 is 23.2 Å². The molecule has 0 radical (unpaired) electrons. The molecule has 0 atom stereocenters. The number of hydrogen-bond acceptors (Lipinski definition) is 4. The van der Waals surface area contributed by atoms with Gasteiger partial charge in [0.15, 0.2) is 0 Å².